The van der Waals surface area contributed by atoms with Crippen molar-refractivity contribution in [3.63, 3.8) is 0 Å². The van der Waals surface area contributed by atoms with Crippen LogP contribution in [0.1, 0.15) is 49.4 Å². The summed E-state index contributed by atoms with van der Waals surface area (Å²) in [6.07, 6.45) is -1.24. The van der Waals surface area contributed by atoms with Crippen molar-refractivity contribution in [3.05, 3.63) is 35.0 Å². The second-order valence-electron chi connectivity index (χ2n) is 12.7. The number of thioether (sulfide) groups is 1. The number of aliphatic hydroxyl groups excluding tert-OH is 1. The number of halogens is 3. The first-order valence-corrected chi connectivity index (χ1v) is 19.1. The number of aromatic nitrogens is 2. The minimum atomic E-state index is -4.53. The number of piperidine rings is 1. The Morgan fingerprint density at radius 3 is 2.43 bits per heavy atom. The monoisotopic (exact) mass is 702 g/mol. The number of alkyl halides is 3. The number of likely N-dealkylation sites (tertiary alicyclic amines) is 2. The van der Waals surface area contributed by atoms with E-state index in [4.69, 9.17) is 5.10 Å². The van der Waals surface area contributed by atoms with Gasteiger partial charge in [0.1, 0.15) is 0 Å². The van der Waals surface area contributed by atoms with Crippen molar-refractivity contribution in [2.45, 2.75) is 75.3 Å². The standard InChI is InChI=1S/C31H45F3N6O5S2/c1-3-39(30(42)43)23-8-13-37(14-9-23)19-24(41)20-40-27-10-15-38(47(2,44)45)21-25(27)29(35-40)22-6-7-26(31(32,33)34)28(18-22)46-17-16-36-11-4-5-12-36/h6-7,18,23-24,41H,3-5,8-17,19-21H2,1-2H3,(H,42,43). The third kappa shape index (κ3) is 8.81. The molecule has 1 aromatic carbocycles. The van der Waals surface area contributed by atoms with Crippen molar-refractivity contribution in [1.29, 1.82) is 0 Å². The highest BCUT2D eigenvalue weighted by molar-refractivity contribution is 7.99. The number of hydrogen-bond acceptors (Lipinski definition) is 8. The SMILES string of the molecule is CCN(C(=O)O)C1CCN(CC(O)Cn2nc(-c3ccc(C(F)(F)F)c(SCCN4CCCC4)c3)c3c2CCN(S(C)(=O)=O)C3)CC1. The summed E-state index contributed by atoms with van der Waals surface area (Å²) in [6, 6.07) is 3.94. The number of nitrogens with zero attached hydrogens (tertiary/aromatic N) is 6. The molecule has 262 valence electrons. The number of rotatable bonds is 12. The molecular weight excluding hydrogens is 658 g/mol. The zero-order valence-corrected chi connectivity index (χ0v) is 28.6. The quantitative estimate of drug-likeness (QED) is 0.317. The number of carbonyl (C=O) groups is 1. The predicted octanol–water partition coefficient (Wildman–Crippen LogP) is 3.90. The number of hydrogen-bond donors (Lipinski definition) is 2. The normalized spacial score (nSPS) is 19.6. The van der Waals surface area contributed by atoms with Gasteiger partial charge in [0.15, 0.2) is 0 Å². The third-order valence-corrected chi connectivity index (χ3v) is 11.7. The lowest BCUT2D eigenvalue weighted by molar-refractivity contribution is -0.139. The molecule has 2 fully saturated rings. The number of amides is 1. The molecule has 0 bridgehead atoms. The van der Waals surface area contributed by atoms with Gasteiger partial charge in [-0.25, -0.2) is 13.2 Å². The summed E-state index contributed by atoms with van der Waals surface area (Å²) >= 11 is 1.17. The average molecular weight is 703 g/mol. The Balaban J connectivity index is 1.37. The van der Waals surface area contributed by atoms with E-state index in [0.717, 1.165) is 43.9 Å². The predicted molar refractivity (Wildman–Crippen MR) is 174 cm³/mol. The summed E-state index contributed by atoms with van der Waals surface area (Å²) in [6.45, 7) is 6.90. The maximum atomic E-state index is 14.0. The molecule has 1 unspecified atom stereocenters. The lowest BCUT2D eigenvalue weighted by Gasteiger charge is -2.37. The van der Waals surface area contributed by atoms with E-state index in [0.29, 0.717) is 74.6 Å². The number of carboxylic acid groups (broad SMARTS) is 1. The molecular formula is C31H45F3N6O5S2. The zero-order chi connectivity index (χ0) is 33.9. The molecule has 2 saturated heterocycles. The van der Waals surface area contributed by atoms with E-state index in [1.807, 2.05) is 6.92 Å². The third-order valence-electron chi connectivity index (χ3n) is 9.43. The molecule has 16 heteroatoms. The molecule has 3 aliphatic rings. The van der Waals surface area contributed by atoms with Crippen LogP contribution >= 0.6 is 11.8 Å². The molecule has 0 radical (unpaired) electrons. The molecule has 3 aliphatic heterocycles. The fourth-order valence-electron chi connectivity index (χ4n) is 6.96. The Hall–Kier alpha value is -2.37. The lowest BCUT2D eigenvalue weighted by atomic mass is 10.0. The van der Waals surface area contributed by atoms with Gasteiger partial charge in [-0.1, -0.05) is 6.07 Å². The first-order valence-electron chi connectivity index (χ1n) is 16.2. The summed E-state index contributed by atoms with van der Waals surface area (Å²) in [7, 11) is -3.53. The molecule has 1 aromatic heterocycles. The van der Waals surface area contributed by atoms with Crippen LogP contribution < -0.4 is 0 Å². The first-order chi connectivity index (χ1) is 22.2. The summed E-state index contributed by atoms with van der Waals surface area (Å²) in [5.41, 5.74) is 1.59. The number of aliphatic hydroxyl groups is 1. The van der Waals surface area contributed by atoms with Crippen LogP contribution in [0.2, 0.25) is 0 Å². The first kappa shape index (κ1) is 35.9. The van der Waals surface area contributed by atoms with Gasteiger partial charge >= 0.3 is 12.3 Å². The van der Waals surface area contributed by atoms with Crippen molar-refractivity contribution < 1.29 is 36.6 Å². The molecule has 0 aliphatic carbocycles. The summed E-state index contributed by atoms with van der Waals surface area (Å²) in [4.78, 5) is 17.5. The van der Waals surface area contributed by atoms with Gasteiger partial charge in [-0.15, -0.1) is 11.8 Å². The summed E-state index contributed by atoms with van der Waals surface area (Å²) in [5, 5.41) is 25.4. The molecule has 4 heterocycles. The number of benzene rings is 1. The van der Waals surface area contributed by atoms with Gasteiger partial charge in [0, 0.05) is 85.7 Å². The van der Waals surface area contributed by atoms with E-state index in [-0.39, 0.29) is 30.6 Å². The summed E-state index contributed by atoms with van der Waals surface area (Å²) in [5.74, 6) is 0.511. The molecule has 0 saturated carbocycles. The van der Waals surface area contributed by atoms with E-state index in [1.54, 1.807) is 4.68 Å². The van der Waals surface area contributed by atoms with E-state index in [1.165, 1.54) is 33.1 Å². The van der Waals surface area contributed by atoms with Crippen LogP contribution in [-0.2, 0) is 35.7 Å². The van der Waals surface area contributed by atoms with Crippen LogP contribution in [0.3, 0.4) is 0 Å². The molecule has 5 rings (SSSR count). The Labute approximate surface area is 278 Å². The molecule has 0 spiro atoms. The Kier molecular flexibility index (Phi) is 11.5. The topological polar surface area (TPSA) is 122 Å². The van der Waals surface area contributed by atoms with Crippen molar-refractivity contribution in [1.82, 2.24) is 28.8 Å². The zero-order valence-electron chi connectivity index (χ0n) is 27.0. The second-order valence-corrected chi connectivity index (χ2v) is 15.8. The highest BCUT2D eigenvalue weighted by atomic mass is 32.2. The van der Waals surface area contributed by atoms with Gasteiger partial charge in [-0.2, -0.15) is 22.6 Å². The minimum absolute atomic E-state index is 0.0447. The molecule has 11 nitrogen and oxygen atoms in total. The number of fused-ring (bicyclic) bond motifs is 1. The van der Waals surface area contributed by atoms with Crippen molar-refractivity contribution in [3.8, 4) is 11.3 Å². The van der Waals surface area contributed by atoms with Gasteiger partial charge in [-0.05, 0) is 57.8 Å². The van der Waals surface area contributed by atoms with E-state index in [9.17, 15) is 36.6 Å². The molecule has 1 amide bonds. The van der Waals surface area contributed by atoms with Gasteiger partial charge in [0.2, 0.25) is 10.0 Å². The second kappa shape index (κ2) is 15.0. The van der Waals surface area contributed by atoms with Gasteiger partial charge in [0.05, 0.1) is 30.2 Å². The van der Waals surface area contributed by atoms with Crippen LogP contribution in [0.5, 0.6) is 0 Å². The highest BCUT2D eigenvalue weighted by Gasteiger charge is 2.35. The van der Waals surface area contributed by atoms with Crippen LogP contribution in [0, 0.1) is 0 Å². The van der Waals surface area contributed by atoms with Crippen molar-refractivity contribution in [2.75, 3.05) is 64.4 Å². The highest BCUT2D eigenvalue weighted by Crippen LogP contribution is 2.40. The number of sulfonamides is 1. The summed E-state index contributed by atoms with van der Waals surface area (Å²) < 4.78 is 70.1. The molecule has 47 heavy (non-hydrogen) atoms. The Bertz CT molecular complexity index is 1510. The van der Waals surface area contributed by atoms with Gasteiger partial charge in [-0.3, -0.25) is 4.68 Å². The van der Waals surface area contributed by atoms with Crippen LogP contribution in [-0.4, -0.2) is 130 Å². The van der Waals surface area contributed by atoms with Crippen LogP contribution in [0.4, 0.5) is 18.0 Å². The van der Waals surface area contributed by atoms with Crippen molar-refractivity contribution in [2.24, 2.45) is 0 Å². The van der Waals surface area contributed by atoms with E-state index >= 15 is 0 Å². The molecule has 2 N–H and O–H groups in total. The largest absolute Gasteiger partial charge is 0.465 e. The lowest BCUT2D eigenvalue weighted by Crippen LogP contribution is -2.48. The molecule has 2 aromatic rings. The number of β-amino-alcohol motifs (C(OH)–C–C–N with tert-alkyl or cyclic N) is 1. The van der Waals surface area contributed by atoms with Gasteiger partial charge in [0.25, 0.3) is 0 Å². The molecule has 1 atom stereocenters. The maximum absolute atomic E-state index is 14.0. The average Bonchev–Trinajstić information content (AvgIpc) is 3.65. The van der Waals surface area contributed by atoms with Crippen LogP contribution in [0.15, 0.2) is 23.1 Å². The Morgan fingerprint density at radius 2 is 1.81 bits per heavy atom. The maximum Gasteiger partial charge on any atom is 0.417 e. The van der Waals surface area contributed by atoms with Crippen LogP contribution in [0.25, 0.3) is 11.3 Å². The van der Waals surface area contributed by atoms with Gasteiger partial charge < -0.3 is 24.9 Å². The fraction of sp³-hybridized carbons (Fsp3) is 0.677. The van der Waals surface area contributed by atoms with Crippen molar-refractivity contribution >= 4 is 27.9 Å². The smallest absolute Gasteiger partial charge is 0.417 e. The van der Waals surface area contributed by atoms with E-state index in [2.05, 4.69) is 9.80 Å². The fourth-order valence-corrected chi connectivity index (χ4v) is 8.87. The van der Waals surface area contributed by atoms with E-state index < -0.39 is 34.0 Å². The Morgan fingerprint density at radius 1 is 1.11 bits per heavy atom. The minimum Gasteiger partial charge on any atom is -0.465 e.